The lowest BCUT2D eigenvalue weighted by Gasteiger charge is -2.31. The molecule has 0 bridgehead atoms. The van der Waals surface area contributed by atoms with E-state index in [0.29, 0.717) is 23.6 Å². The van der Waals surface area contributed by atoms with Crippen molar-refractivity contribution in [3.8, 4) is 0 Å². The molecule has 0 aliphatic heterocycles. The first-order chi connectivity index (χ1) is 10.1. The Kier molecular flexibility index (Phi) is 5.62. The number of aromatic nitrogens is 1. The number of rotatable bonds is 7. The van der Waals surface area contributed by atoms with E-state index < -0.39 is 0 Å². The summed E-state index contributed by atoms with van der Waals surface area (Å²) < 4.78 is 5.05. The molecule has 1 aliphatic rings. The molecule has 1 aliphatic carbocycles. The van der Waals surface area contributed by atoms with E-state index in [1.54, 1.807) is 5.51 Å². The van der Waals surface area contributed by atoms with Crippen molar-refractivity contribution >= 4 is 22.3 Å². The van der Waals surface area contributed by atoms with Crippen molar-refractivity contribution in [2.24, 2.45) is 11.3 Å². The van der Waals surface area contributed by atoms with E-state index in [1.807, 2.05) is 6.92 Å². The molecule has 5 heteroatoms. The average molecular weight is 310 g/mol. The highest BCUT2D eigenvalue weighted by Crippen LogP contribution is 2.43. The number of thiazole rings is 1. The predicted octanol–water partition coefficient (Wildman–Crippen LogP) is 4.34. The summed E-state index contributed by atoms with van der Waals surface area (Å²) in [5.74, 6) is 0.376. The number of nitrogens with zero attached hydrogens (tertiary/aromatic N) is 1. The van der Waals surface area contributed by atoms with Crippen LogP contribution in [-0.4, -0.2) is 24.1 Å². The zero-order valence-corrected chi connectivity index (χ0v) is 14.1. The molecule has 0 radical (unpaired) electrons. The first-order valence-corrected chi connectivity index (χ1v) is 8.79. The molecule has 1 aromatic heterocycles. The summed E-state index contributed by atoms with van der Waals surface area (Å²) in [5, 5.41) is 4.33. The van der Waals surface area contributed by atoms with Crippen LogP contribution in [0.4, 0.5) is 5.00 Å². The Labute approximate surface area is 131 Å². The highest BCUT2D eigenvalue weighted by atomic mass is 32.1. The minimum Gasteiger partial charge on any atom is -0.461 e. The number of hydrogen-bond donors (Lipinski definition) is 1. The lowest BCUT2D eigenvalue weighted by molar-refractivity contribution is 0.0521. The SMILES string of the molecule is CCOC(=O)c1ncsc1NCC1(CC(C)C)CCCC1. The highest BCUT2D eigenvalue weighted by Gasteiger charge is 2.34. The summed E-state index contributed by atoms with van der Waals surface area (Å²) >= 11 is 1.48. The molecule has 0 atom stereocenters. The van der Waals surface area contributed by atoms with Gasteiger partial charge in [0, 0.05) is 6.54 Å². The fourth-order valence-electron chi connectivity index (χ4n) is 3.43. The summed E-state index contributed by atoms with van der Waals surface area (Å²) in [4.78, 5) is 16.0. The van der Waals surface area contributed by atoms with Gasteiger partial charge in [-0.3, -0.25) is 0 Å². The van der Waals surface area contributed by atoms with Gasteiger partial charge < -0.3 is 10.1 Å². The van der Waals surface area contributed by atoms with Gasteiger partial charge >= 0.3 is 5.97 Å². The first kappa shape index (κ1) is 16.3. The van der Waals surface area contributed by atoms with Gasteiger partial charge in [0.25, 0.3) is 0 Å². The zero-order valence-electron chi connectivity index (χ0n) is 13.3. The van der Waals surface area contributed by atoms with Crippen molar-refractivity contribution in [2.75, 3.05) is 18.5 Å². The van der Waals surface area contributed by atoms with Crippen LogP contribution in [0.3, 0.4) is 0 Å². The maximum Gasteiger partial charge on any atom is 0.360 e. The Bertz CT molecular complexity index is 465. The fourth-order valence-corrected chi connectivity index (χ4v) is 4.10. The summed E-state index contributed by atoms with van der Waals surface area (Å²) in [7, 11) is 0. The molecular weight excluding hydrogens is 284 g/mol. The molecule has 0 unspecified atom stereocenters. The minimum absolute atomic E-state index is 0.328. The Morgan fingerprint density at radius 1 is 1.48 bits per heavy atom. The van der Waals surface area contributed by atoms with Crippen LogP contribution in [0.15, 0.2) is 5.51 Å². The molecule has 0 amide bonds. The second kappa shape index (κ2) is 7.25. The maximum absolute atomic E-state index is 11.9. The van der Waals surface area contributed by atoms with E-state index in [-0.39, 0.29) is 5.97 Å². The number of esters is 1. The van der Waals surface area contributed by atoms with Gasteiger partial charge in [-0.15, -0.1) is 11.3 Å². The molecule has 0 aromatic carbocycles. The molecular formula is C16H26N2O2S. The Hall–Kier alpha value is -1.10. The maximum atomic E-state index is 11.9. The third-order valence-electron chi connectivity index (χ3n) is 4.17. The van der Waals surface area contributed by atoms with Crippen LogP contribution >= 0.6 is 11.3 Å². The van der Waals surface area contributed by atoms with Crippen LogP contribution in [0.25, 0.3) is 0 Å². The molecule has 1 N–H and O–H groups in total. The molecule has 1 fully saturated rings. The Morgan fingerprint density at radius 2 is 2.19 bits per heavy atom. The van der Waals surface area contributed by atoms with E-state index in [2.05, 4.69) is 24.1 Å². The first-order valence-electron chi connectivity index (χ1n) is 7.91. The van der Waals surface area contributed by atoms with E-state index in [1.165, 1.54) is 43.4 Å². The van der Waals surface area contributed by atoms with Crippen molar-refractivity contribution in [1.82, 2.24) is 4.98 Å². The second-order valence-electron chi connectivity index (χ2n) is 6.41. The molecule has 118 valence electrons. The van der Waals surface area contributed by atoms with Crippen molar-refractivity contribution in [2.45, 2.75) is 52.9 Å². The van der Waals surface area contributed by atoms with Gasteiger partial charge in [0.05, 0.1) is 12.1 Å². The topological polar surface area (TPSA) is 51.2 Å². The highest BCUT2D eigenvalue weighted by molar-refractivity contribution is 7.14. The number of carbonyl (C=O) groups excluding carboxylic acids is 1. The van der Waals surface area contributed by atoms with Crippen LogP contribution in [0.1, 0.15) is 63.4 Å². The quantitative estimate of drug-likeness (QED) is 0.761. The molecule has 1 heterocycles. The summed E-state index contributed by atoms with van der Waals surface area (Å²) in [6.07, 6.45) is 6.45. The largest absolute Gasteiger partial charge is 0.461 e. The van der Waals surface area contributed by atoms with Crippen molar-refractivity contribution in [3.05, 3.63) is 11.2 Å². The third kappa shape index (κ3) is 4.19. The monoisotopic (exact) mass is 310 g/mol. The van der Waals surface area contributed by atoms with E-state index in [0.717, 1.165) is 11.5 Å². The van der Waals surface area contributed by atoms with Crippen LogP contribution in [-0.2, 0) is 4.74 Å². The van der Waals surface area contributed by atoms with Gasteiger partial charge in [0.1, 0.15) is 5.00 Å². The number of hydrogen-bond acceptors (Lipinski definition) is 5. The Balaban J connectivity index is 2.01. The number of anilines is 1. The van der Waals surface area contributed by atoms with Gasteiger partial charge in [-0.05, 0) is 37.5 Å². The fraction of sp³-hybridized carbons (Fsp3) is 0.750. The van der Waals surface area contributed by atoms with Crippen LogP contribution in [0, 0.1) is 11.3 Å². The van der Waals surface area contributed by atoms with Gasteiger partial charge in [0.2, 0.25) is 0 Å². The molecule has 0 saturated heterocycles. The van der Waals surface area contributed by atoms with Gasteiger partial charge in [-0.1, -0.05) is 26.7 Å². The van der Waals surface area contributed by atoms with Crippen molar-refractivity contribution in [3.63, 3.8) is 0 Å². The molecule has 2 rings (SSSR count). The van der Waals surface area contributed by atoms with E-state index in [9.17, 15) is 4.79 Å². The van der Waals surface area contributed by atoms with E-state index in [4.69, 9.17) is 4.74 Å². The second-order valence-corrected chi connectivity index (χ2v) is 7.26. The molecule has 0 spiro atoms. The van der Waals surface area contributed by atoms with Crippen LogP contribution in [0.2, 0.25) is 0 Å². The lowest BCUT2D eigenvalue weighted by Crippen LogP contribution is -2.28. The predicted molar refractivity (Wildman–Crippen MR) is 86.9 cm³/mol. The molecule has 4 nitrogen and oxygen atoms in total. The zero-order chi connectivity index (χ0) is 15.3. The van der Waals surface area contributed by atoms with Gasteiger partial charge in [-0.2, -0.15) is 0 Å². The van der Waals surface area contributed by atoms with Gasteiger partial charge in [-0.25, -0.2) is 9.78 Å². The van der Waals surface area contributed by atoms with Gasteiger partial charge in [0.15, 0.2) is 5.69 Å². The number of nitrogens with one attached hydrogen (secondary N) is 1. The minimum atomic E-state index is -0.328. The molecule has 1 aromatic rings. The number of carbonyl (C=O) groups is 1. The third-order valence-corrected chi connectivity index (χ3v) is 4.95. The lowest BCUT2D eigenvalue weighted by atomic mass is 9.78. The van der Waals surface area contributed by atoms with Crippen LogP contribution < -0.4 is 5.32 Å². The normalized spacial score (nSPS) is 17.1. The summed E-state index contributed by atoms with van der Waals surface area (Å²) in [6, 6.07) is 0. The average Bonchev–Trinajstić information content (AvgIpc) is 3.05. The summed E-state index contributed by atoms with van der Waals surface area (Å²) in [6.45, 7) is 7.70. The van der Waals surface area contributed by atoms with Crippen molar-refractivity contribution in [1.29, 1.82) is 0 Å². The summed E-state index contributed by atoms with van der Waals surface area (Å²) in [5.41, 5.74) is 2.52. The van der Waals surface area contributed by atoms with Crippen LogP contribution in [0.5, 0.6) is 0 Å². The number of ether oxygens (including phenoxy) is 1. The standard InChI is InChI=1S/C16H26N2O2S/c1-4-20-15(19)13-14(21-11-18-13)17-10-16(9-12(2)3)7-5-6-8-16/h11-12,17H,4-10H2,1-3H3. The molecule has 21 heavy (non-hydrogen) atoms. The molecule has 1 saturated carbocycles. The van der Waals surface area contributed by atoms with Crippen molar-refractivity contribution < 1.29 is 9.53 Å². The Morgan fingerprint density at radius 3 is 2.81 bits per heavy atom. The smallest absolute Gasteiger partial charge is 0.360 e. The van der Waals surface area contributed by atoms with E-state index >= 15 is 0 Å².